The standard InChI is InChI=1S/C8H12O4/c9-7(10)5-3-1-2-4-6(5)8(11)12/h5-6H,1-4H2,(H,9,10)(H,11,12)/p-1. The molecule has 0 saturated heterocycles. The van der Waals surface area contributed by atoms with Gasteiger partial charge in [0.25, 0.3) is 0 Å². The van der Waals surface area contributed by atoms with Gasteiger partial charge in [-0.2, -0.15) is 0 Å². The van der Waals surface area contributed by atoms with Crippen LogP contribution in [0.4, 0.5) is 0 Å². The van der Waals surface area contributed by atoms with Gasteiger partial charge >= 0.3 is 5.97 Å². The van der Waals surface area contributed by atoms with Crippen molar-refractivity contribution in [2.24, 2.45) is 11.8 Å². The van der Waals surface area contributed by atoms with Gasteiger partial charge in [-0.1, -0.05) is 12.8 Å². The summed E-state index contributed by atoms with van der Waals surface area (Å²) in [7, 11) is 0. The quantitative estimate of drug-likeness (QED) is 0.614. The minimum Gasteiger partial charge on any atom is -0.550 e. The Labute approximate surface area is 70.2 Å². The van der Waals surface area contributed by atoms with E-state index in [-0.39, 0.29) is 0 Å². The van der Waals surface area contributed by atoms with Crippen molar-refractivity contribution < 1.29 is 19.8 Å². The summed E-state index contributed by atoms with van der Waals surface area (Å²) in [5.41, 5.74) is 0. The van der Waals surface area contributed by atoms with Crippen molar-refractivity contribution in [1.82, 2.24) is 0 Å². The van der Waals surface area contributed by atoms with Crippen LogP contribution < -0.4 is 5.11 Å². The second kappa shape index (κ2) is 3.56. The number of carbonyl (C=O) groups is 2. The molecule has 12 heavy (non-hydrogen) atoms. The van der Waals surface area contributed by atoms with Crippen LogP contribution in [0.5, 0.6) is 0 Å². The highest BCUT2D eigenvalue weighted by Crippen LogP contribution is 2.29. The Hall–Kier alpha value is -1.06. The average molecular weight is 171 g/mol. The van der Waals surface area contributed by atoms with E-state index in [1.807, 2.05) is 0 Å². The first-order valence-corrected chi connectivity index (χ1v) is 4.06. The first kappa shape index (κ1) is 9.03. The van der Waals surface area contributed by atoms with Gasteiger partial charge in [-0.05, 0) is 12.8 Å². The van der Waals surface area contributed by atoms with Crippen molar-refractivity contribution in [2.45, 2.75) is 25.7 Å². The number of hydrogen-bond acceptors (Lipinski definition) is 3. The van der Waals surface area contributed by atoms with E-state index in [1.54, 1.807) is 0 Å². The molecule has 4 nitrogen and oxygen atoms in total. The molecule has 1 aliphatic rings. The molecule has 0 aromatic carbocycles. The Morgan fingerprint density at radius 1 is 1.17 bits per heavy atom. The normalized spacial score (nSPS) is 29.7. The lowest BCUT2D eigenvalue weighted by Gasteiger charge is -2.28. The van der Waals surface area contributed by atoms with Crippen molar-refractivity contribution in [2.75, 3.05) is 0 Å². The fourth-order valence-electron chi connectivity index (χ4n) is 1.71. The fourth-order valence-corrected chi connectivity index (χ4v) is 1.71. The molecule has 1 N–H and O–H groups in total. The first-order chi connectivity index (χ1) is 5.63. The van der Waals surface area contributed by atoms with Gasteiger partial charge in [0, 0.05) is 11.9 Å². The fraction of sp³-hybridized carbons (Fsp3) is 0.750. The summed E-state index contributed by atoms with van der Waals surface area (Å²) < 4.78 is 0. The SMILES string of the molecule is O=C([O-])C1CCCCC1C(=O)O. The Morgan fingerprint density at radius 3 is 2.00 bits per heavy atom. The molecule has 1 rings (SSSR count). The second-order valence-electron chi connectivity index (χ2n) is 3.15. The molecule has 1 aliphatic carbocycles. The number of carboxylic acid groups (broad SMARTS) is 2. The van der Waals surface area contributed by atoms with Crippen LogP contribution in [0.2, 0.25) is 0 Å². The van der Waals surface area contributed by atoms with E-state index in [4.69, 9.17) is 5.11 Å². The van der Waals surface area contributed by atoms with Gasteiger partial charge < -0.3 is 15.0 Å². The third-order valence-corrected chi connectivity index (χ3v) is 2.39. The zero-order valence-corrected chi connectivity index (χ0v) is 6.66. The Kier molecular flexibility index (Phi) is 2.68. The topological polar surface area (TPSA) is 77.4 Å². The Morgan fingerprint density at radius 2 is 1.67 bits per heavy atom. The summed E-state index contributed by atoms with van der Waals surface area (Å²) in [5.74, 6) is -3.74. The molecule has 2 unspecified atom stereocenters. The van der Waals surface area contributed by atoms with Gasteiger partial charge in [-0.25, -0.2) is 0 Å². The predicted molar refractivity (Wildman–Crippen MR) is 38.1 cm³/mol. The van der Waals surface area contributed by atoms with E-state index in [0.29, 0.717) is 12.8 Å². The molecule has 1 saturated carbocycles. The smallest absolute Gasteiger partial charge is 0.307 e. The van der Waals surface area contributed by atoms with Crippen LogP contribution in [0.15, 0.2) is 0 Å². The van der Waals surface area contributed by atoms with Crippen molar-refractivity contribution in [3.63, 3.8) is 0 Å². The summed E-state index contributed by atoms with van der Waals surface area (Å²) in [4.78, 5) is 21.1. The monoisotopic (exact) mass is 171 g/mol. The molecular formula is C8H11O4-. The number of carbonyl (C=O) groups excluding carboxylic acids is 1. The molecule has 1 fully saturated rings. The first-order valence-electron chi connectivity index (χ1n) is 4.06. The highest BCUT2D eigenvalue weighted by molar-refractivity contribution is 5.79. The molecule has 0 heterocycles. The summed E-state index contributed by atoms with van der Waals surface area (Å²) >= 11 is 0. The molecule has 2 atom stereocenters. The van der Waals surface area contributed by atoms with Gasteiger partial charge in [0.15, 0.2) is 0 Å². The van der Waals surface area contributed by atoms with Crippen molar-refractivity contribution in [3.8, 4) is 0 Å². The van der Waals surface area contributed by atoms with Gasteiger partial charge in [0.1, 0.15) is 0 Å². The molecule has 0 radical (unpaired) electrons. The Bertz CT molecular complexity index is 177. The lowest BCUT2D eigenvalue weighted by Crippen LogP contribution is -2.40. The number of rotatable bonds is 2. The average Bonchev–Trinajstić information content (AvgIpc) is 2.04. The minimum absolute atomic E-state index is 0.444. The molecule has 4 heteroatoms. The zero-order valence-electron chi connectivity index (χ0n) is 6.66. The van der Waals surface area contributed by atoms with E-state index < -0.39 is 23.8 Å². The van der Waals surface area contributed by atoms with Crippen LogP contribution in [0.25, 0.3) is 0 Å². The van der Waals surface area contributed by atoms with Gasteiger partial charge in [0.05, 0.1) is 5.92 Å². The molecule has 0 aromatic rings. The van der Waals surface area contributed by atoms with E-state index in [0.717, 1.165) is 12.8 Å². The van der Waals surface area contributed by atoms with E-state index in [1.165, 1.54) is 0 Å². The highest BCUT2D eigenvalue weighted by Gasteiger charge is 2.31. The largest absolute Gasteiger partial charge is 0.550 e. The molecule has 0 spiro atoms. The maximum absolute atomic E-state index is 10.6. The van der Waals surface area contributed by atoms with Crippen LogP contribution in [0.1, 0.15) is 25.7 Å². The van der Waals surface area contributed by atoms with E-state index >= 15 is 0 Å². The summed E-state index contributed by atoms with van der Waals surface area (Å²) in [5, 5.41) is 19.2. The number of carboxylic acids is 2. The van der Waals surface area contributed by atoms with Crippen molar-refractivity contribution in [1.29, 1.82) is 0 Å². The molecule has 0 aromatic heterocycles. The van der Waals surface area contributed by atoms with Crippen LogP contribution >= 0.6 is 0 Å². The number of hydrogen-bond donors (Lipinski definition) is 1. The highest BCUT2D eigenvalue weighted by atomic mass is 16.4. The van der Waals surface area contributed by atoms with Gasteiger partial charge in [0.2, 0.25) is 0 Å². The maximum atomic E-state index is 10.6. The molecular weight excluding hydrogens is 160 g/mol. The summed E-state index contributed by atoms with van der Waals surface area (Å²) in [6.45, 7) is 0. The maximum Gasteiger partial charge on any atom is 0.307 e. The summed E-state index contributed by atoms with van der Waals surface area (Å²) in [6.07, 6.45) is 2.51. The third-order valence-electron chi connectivity index (χ3n) is 2.39. The molecule has 0 bridgehead atoms. The van der Waals surface area contributed by atoms with Crippen molar-refractivity contribution in [3.05, 3.63) is 0 Å². The third kappa shape index (κ3) is 1.75. The number of aliphatic carboxylic acids is 2. The summed E-state index contributed by atoms with van der Waals surface area (Å²) in [6, 6.07) is 0. The molecule has 0 aliphatic heterocycles. The van der Waals surface area contributed by atoms with Crippen LogP contribution in [0, 0.1) is 11.8 Å². The van der Waals surface area contributed by atoms with Gasteiger partial charge in [-0.3, -0.25) is 4.79 Å². The lowest BCUT2D eigenvalue weighted by atomic mass is 9.79. The lowest BCUT2D eigenvalue weighted by molar-refractivity contribution is -0.314. The van der Waals surface area contributed by atoms with Crippen molar-refractivity contribution >= 4 is 11.9 Å². The van der Waals surface area contributed by atoms with Crippen LogP contribution in [-0.4, -0.2) is 17.0 Å². The predicted octanol–water partition coefficient (Wildman–Crippen LogP) is -0.373. The zero-order chi connectivity index (χ0) is 9.14. The van der Waals surface area contributed by atoms with E-state index in [9.17, 15) is 14.7 Å². The van der Waals surface area contributed by atoms with Crippen LogP contribution in [0.3, 0.4) is 0 Å². The van der Waals surface area contributed by atoms with E-state index in [2.05, 4.69) is 0 Å². The van der Waals surface area contributed by atoms with Gasteiger partial charge in [-0.15, -0.1) is 0 Å². The molecule has 0 amide bonds. The minimum atomic E-state index is -1.22. The molecule has 68 valence electrons. The second-order valence-corrected chi connectivity index (χ2v) is 3.15. The van der Waals surface area contributed by atoms with Crippen LogP contribution in [-0.2, 0) is 9.59 Å². The Balaban J connectivity index is 2.67.